The van der Waals surface area contributed by atoms with Gasteiger partial charge in [-0.05, 0) is 49.2 Å². The van der Waals surface area contributed by atoms with Gasteiger partial charge in [-0.1, -0.05) is 28.3 Å². The van der Waals surface area contributed by atoms with Gasteiger partial charge in [0.1, 0.15) is 11.6 Å². The molecule has 0 amide bonds. The van der Waals surface area contributed by atoms with Gasteiger partial charge < -0.3 is 4.74 Å². The topological polar surface area (TPSA) is 86.1 Å². The summed E-state index contributed by atoms with van der Waals surface area (Å²) in [5.41, 5.74) is 0.226. The van der Waals surface area contributed by atoms with Crippen LogP contribution in [0.15, 0.2) is 41.3 Å². The van der Waals surface area contributed by atoms with Crippen LogP contribution >= 0.6 is 23.2 Å². The molecule has 0 spiro atoms. The molecule has 0 aliphatic rings. The third kappa shape index (κ3) is 5.32. The van der Waals surface area contributed by atoms with Crippen molar-refractivity contribution in [1.82, 2.24) is 19.5 Å². The molecule has 0 saturated heterocycles. The third-order valence-corrected chi connectivity index (χ3v) is 6.63. The van der Waals surface area contributed by atoms with E-state index >= 15 is 0 Å². The number of ether oxygens (including phenoxy) is 1. The SMILES string of the molecule is CCn1c(OC)nnc1[C@@H](Cc1cc(F)cc(F)c1)NS(=O)(=O)c1ccc(Cl)c(Cl)c1. The molecular formula is C19H18Cl2F2N4O3S. The van der Waals surface area contributed by atoms with Crippen LogP contribution in [0.25, 0.3) is 0 Å². The molecule has 0 aliphatic carbocycles. The molecule has 2 aromatic carbocycles. The van der Waals surface area contributed by atoms with E-state index in [2.05, 4.69) is 14.9 Å². The normalized spacial score (nSPS) is 12.7. The van der Waals surface area contributed by atoms with E-state index in [0.29, 0.717) is 6.54 Å². The summed E-state index contributed by atoms with van der Waals surface area (Å²) in [5, 5.41) is 8.19. The Morgan fingerprint density at radius 2 is 1.77 bits per heavy atom. The van der Waals surface area contributed by atoms with E-state index in [1.165, 1.54) is 25.3 Å². The largest absolute Gasteiger partial charge is 0.467 e. The van der Waals surface area contributed by atoms with E-state index in [0.717, 1.165) is 18.2 Å². The number of sulfonamides is 1. The van der Waals surface area contributed by atoms with Crippen molar-refractivity contribution in [3.8, 4) is 6.01 Å². The van der Waals surface area contributed by atoms with E-state index in [-0.39, 0.29) is 38.8 Å². The highest BCUT2D eigenvalue weighted by molar-refractivity contribution is 7.89. The van der Waals surface area contributed by atoms with Crippen LogP contribution in [0.5, 0.6) is 6.01 Å². The zero-order valence-electron chi connectivity index (χ0n) is 16.4. The van der Waals surface area contributed by atoms with Crippen LogP contribution in [0, 0.1) is 11.6 Å². The lowest BCUT2D eigenvalue weighted by Crippen LogP contribution is -2.32. The average molecular weight is 491 g/mol. The molecule has 0 unspecified atom stereocenters. The van der Waals surface area contributed by atoms with Crippen molar-refractivity contribution in [2.75, 3.05) is 7.11 Å². The molecular weight excluding hydrogens is 473 g/mol. The maximum Gasteiger partial charge on any atom is 0.316 e. The summed E-state index contributed by atoms with van der Waals surface area (Å²) < 4.78 is 62.7. The van der Waals surface area contributed by atoms with Crippen molar-refractivity contribution < 1.29 is 21.9 Å². The molecule has 1 heterocycles. The van der Waals surface area contributed by atoms with Crippen LogP contribution < -0.4 is 9.46 Å². The second kappa shape index (κ2) is 9.47. The Bertz CT molecular complexity index is 1180. The van der Waals surface area contributed by atoms with Gasteiger partial charge in [-0.3, -0.25) is 4.57 Å². The molecule has 3 aromatic rings. The van der Waals surface area contributed by atoms with Crippen molar-refractivity contribution >= 4 is 33.2 Å². The van der Waals surface area contributed by atoms with E-state index in [4.69, 9.17) is 27.9 Å². The van der Waals surface area contributed by atoms with Gasteiger partial charge in [0.15, 0.2) is 5.82 Å². The molecule has 0 aliphatic heterocycles. The number of halogens is 4. The summed E-state index contributed by atoms with van der Waals surface area (Å²) in [4.78, 5) is -0.133. The van der Waals surface area contributed by atoms with Crippen LogP contribution in [0.2, 0.25) is 10.0 Å². The van der Waals surface area contributed by atoms with Crippen molar-refractivity contribution in [3.63, 3.8) is 0 Å². The minimum atomic E-state index is -4.11. The number of benzene rings is 2. The third-order valence-electron chi connectivity index (χ3n) is 4.42. The molecule has 166 valence electrons. The highest BCUT2D eigenvalue weighted by atomic mass is 35.5. The van der Waals surface area contributed by atoms with Crippen molar-refractivity contribution in [2.24, 2.45) is 0 Å². The maximum absolute atomic E-state index is 13.7. The highest BCUT2D eigenvalue weighted by Crippen LogP contribution is 2.27. The van der Waals surface area contributed by atoms with Gasteiger partial charge >= 0.3 is 6.01 Å². The van der Waals surface area contributed by atoms with E-state index in [1.807, 2.05) is 0 Å². The van der Waals surface area contributed by atoms with Crippen molar-refractivity contribution in [3.05, 3.63) is 69.5 Å². The Balaban J connectivity index is 2.04. The molecule has 0 saturated carbocycles. The Kier molecular flexibility index (Phi) is 7.15. The van der Waals surface area contributed by atoms with Crippen LogP contribution in [-0.4, -0.2) is 30.3 Å². The van der Waals surface area contributed by atoms with Gasteiger partial charge in [0, 0.05) is 12.6 Å². The minimum Gasteiger partial charge on any atom is -0.467 e. The van der Waals surface area contributed by atoms with Gasteiger partial charge in [0.05, 0.1) is 28.1 Å². The molecule has 12 heteroatoms. The van der Waals surface area contributed by atoms with E-state index in [9.17, 15) is 17.2 Å². The zero-order valence-corrected chi connectivity index (χ0v) is 18.8. The Morgan fingerprint density at radius 1 is 1.10 bits per heavy atom. The monoisotopic (exact) mass is 490 g/mol. The molecule has 1 N–H and O–H groups in total. The fraction of sp³-hybridized carbons (Fsp3) is 0.263. The number of nitrogens with zero attached hydrogens (tertiary/aromatic N) is 3. The number of aromatic nitrogens is 3. The average Bonchev–Trinajstić information content (AvgIpc) is 3.11. The molecule has 3 rings (SSSR count). The van der Waals surface area contributed by atoms with Gasteiger partial charge in [0.25, 0.3) is 0 Å². The van der Waals surface area contributed by atoms with Gasteiger partial charge in [-0.2, -0.15) is 0 Å². The predicted molar refractivity (Wildman–Crippen MR) is 112 cm³/mol. The second-order valence-corrected chi connectivity index (χ2v) is 9.05. The van der Waals surface area contributed by atoms with Crippen molar-refractivity contribution in [1.29, 1.82) is 0 Å². The smallest absolute Gasteiger partial charge is 0.316 e. The first-order valence-corrected chi connectivity index (χ1v) is 11.3. The number of methoxy groups -OCH3 is 1. The van der Waals surface area contributed by atoms with Crippen LogP contribution in [0.4, 0.5) is 8.78 Å². The quantitative estimate of drug-likeness (QED) is 0.512. The zero-order chi connectivity index (χ0) is 22.8. The van der Waals surface area contributed by atoms with Crippen LogP contribution in [-0.2, 0) is 23.0 Å². The summed E-state index contributed by atoms with van der Waals surface area (Å²) in [7, 11) is -2.71. The summed E-state index contributed by atoms with van der Waals surface area (Å²) in [6.07, 6.45) is -0.100. The number of nitrogens with one attached hydrogen (secondary N) is 1. The molecule has 0 radical (unpaired) electrons. The maximum atomic E-state index is 13.7. The lowest BCUT2D eigenvalue weighted by atomic mass is 10.1. The number of rotatable bonds is 8. The van der Waals surface area contributed by atoms with E-state index < -0.39 is 27.7 Å². The lowest BCUT2D eigenvalue weighted by Gasteiger charge is -2.19. The standard InChI is InChI=1S/C19H18Cl2F2N4O3S/c1-3-27-18(24-25-19(27)30-2)17(8-11-6-12(22)9-13(23)7-11)26-31(28,29)14-4-5-15(20)16(21)10-14/h4-7,9-10,17,26H,3,8H2,1-2H3/t17-/m1/s1. The fourth-order valence-electron chi connectivity index (χ4n) is 3.06. The highest BCUT2D eigenvalue weighted by Gasteiger charge is 2.28. The summed E-state index contributed by atoms with van der Waals surface area (Å²) in [6, 6.07) is 5.97. The Hall–Kier alpha value is -2.27. The number of hydrogen-bond donors (Lipinski definition) is 1. The Morgan fingerprint density at radius 3 is 2.35 bits per heavy atom. The summed E-state index contributed by atoms with van der Waals surface area (Å²) in [6.45, 7) is 2.16. The van der Waals surface area contributed by atoms with Crippen LogP contribution in [0.1, 0.15) is 24.4 Å². The molecule has 0 bridgehead atoms. The molecule has 1 aromatic heterocycles. The number of hydrogen-bond acceptors (Lipinski definition) is 5. The molecule has 0 fully saturated rings. The fourth-order valence-corrected chi connectivity index (χ4v) is 4.64. The summed E-state index contributed by atoms with van der Waals surface area (Å²) >= 11 is 11.8. The molecule has 7 nitrogen and oxygen atoms in total. The van der Waals surface area contributed by atoms with E-state index in [1.54, 1.807) is 11.5 Å². The van der Waals surface area contributed by atoms with Gasteiger partial charge in [-0.25, -0.2) is 21.9 Å². The van der Waals surface area contributed by atoms with Crippen LogP contribution in [0.3, 0.4) is 0 Å². The van der Waals surface area contributed by atoms with Gasteiger partial charge in [-0.15, -0.1) is 5.10 Å². The lowest BCUT2D eigenvalue weighted by molar-refractivity contribution is 0.354. The predicted octanol–water partition coefficient (Wildman–Crippen LogP) is 4.15. The molecule has 1 atom stereocenters. The van der Waals surface area contributed by atoms with Crippen molar-refractivity contribution in [2.45, 2.75) is 30.8 Å². The molecule has 31 heavy (non-hydrogen) atoms. The first-order chi connectivity index (χ1) is 14.6. The first-order valence-electron chi connectivity index (χ1n) is 9.04. The minimum absolute atomic E-state index is 0.0617. The summed E-state index contributed by atoms with van der Waals surface area (Å²) in [5.74, 6) is -1.35. The Labute approximate surface area is 188 Å². The van der Waals surface area contributed by atoms with Gasteiger partial charge in [0.2, 0.25) is 10.0 Å². The second-order valence-electron chi connectivity index (χ2n) is 6.52. The first kappa shape index (κ1) is 23.4.